The largest absolute Gasteiger partial charge is 0.417 e. The predicted octanol–water partition coefficient (Wildman–Crippen LogP) is 5.78. The van der Waals surface area contributed by atoms with Crippen LogP contribution in [-0.2, 0) is 70.1 Å². The molecule has 0 bridgehead atoms. The summed E-state index contributed by atoms with van der Waals surface area (Å²) >= 11 is 6.16. The van der Waals surface area contributed by atoms with E-state index in [1.807, 2.05) is 13.8 Å². The SMILES string of the molecule is CC(C)C[C@H]1C(=O)N[C@@H](C2CCC2)C(=O)N(C)[C@@H](C)C(=O)N2CC[C@H]2C(=O)N(C)[C@@H](CC2CCCCC2)C(=O)N(C)CC(=O)N[C@@H](CCc2ccc(C(F)(F)F)c(Cl)c2)C(=O)N2CCC[C@H]2C(=O)NC2(CCCC2)C(=O)N(C)[C@@H](C(C)C)C(=O)N(C)[C@H](C(=O)N2CCCCC2)CC(=O)N1C. The molecule has 28 heteroatoms. The summed E-state index contributed by atoms with van der Waals surface area (Å²) in [6.07, 6.45) is 5.41. The van der Waals surface area contributed by atoms with Crippen molar-refractivity contribution in [2.45, 2.75) is 248 Å². The number of hydrogen-bond donors (Lipinski definition) is 3. The first-order valence-electron chi connectivity index (χ1n) is 36.4. The topological polar surface area (TPSA) is 270 Å². The molecule has 100 heavy (non-hydrogen) atoms. The highest BCUT2D eigenvalue weighted by molar-refractivity contribution is 6.31. The molecule has 0 radical (unpaired) electrons. The molecule has 3 aliphatic carbocycles. The van der Waals surface area contributed by atoms with Crippen LogP contribution in [0.5, 0.6) is 0 Å². The van der Waals surface area contributed by atoms with Crippen molar-refractivity contribution < 1.29 is 70.7 Å². The van der Waals surface area contributed by atoms with Gasteiger partial charge >= 0.3 is 6.18 Å². The lowest BCUT2D eigenvalue weighted by Gasteiger charge is -2.45. The number of fused-ring (bicyclic) bond motifs is 2. The predicted molar refractivity (Wildman–Crippen MR) is 367 cm³/mol. The van der Waals surface area contributed by atoms with Gasteiger partial charge in [0.1, 0.15) is 59.9 Å². The molecule has 7 aliphatic rings. The molecule has 1 spiro atoms. The Kier molecular flexibility index (Phi) is 26.6. The average molecular weight is 1430 g/mol. The Labute approximate surface area is 592 Å². The average Bonchev–Trinajstić information content (AvgIpc) is 1.29. The van der Waals surface area contributed by atoms with Crippen molar-refractivity contribution in [2.75, 3.05) is 75.0 Å². The number of carbonyl (C=O) groups excluding carboxylic acids is 12. The van der Waals surface area contributed by atoms with Crippen LogP contribution in [0.1, 0.15) is 187 Å². The quantitative estimate of drug-likeness (QED) is 0.252. The van der Waals surface area contributed by atoms with E-state index in [0.29, 0.717) is 63.6 Å². The number of likely N-dealkylation sites (tertiary alicyclic amines) is 1. The highest BCUT2D eigenvalue weighted by atomic mass is 35.5. The van der Waals surface area contributed by atoms with Gasteiger partial charge in [0.05, 0.1) is 23.6 Å². The van der Waals surface area contributed by atoms with Crippen molar-refractivity contribution in [1.29, 1.82) is 0 Å². The van der Waals surface area contributed by atoms with Gasteiger partial charge in [0.2, 0.25) is 70.9 Å². The first-order chi connectivity index (χ1) is 47.2. The van der Waals surface area contributed by atoms with Crippen molar-refractivity contribution in [3.63, 3.8) is 0 Å². The Morgan fingerprint density at radius 3 is 1.84 bits per heavy atom. The molecule has 1 aromatic carbocycles. The van der Waals surface area contributed by atoms with E-state index < -0.39 is 166 Å². The van der Waals surface area contributed by atoms with Gasteiger partial charge in [0.15, 0.2) is 0 Å². The minimum absolute atomic E-state index is 0.0277. The van der Waals surface area contributed by atoms with Gasteiger partial charge in [-0.1, -0.05) is 96.7 Å². The van der Waals surface area contributed by atoms with Crippen molar-refractivity contribution in [1.82, 2.24) is 60.0 Å². The van der Waals surface area contributed by atoms with Gasteiger partial charge in [-0.3, -0.25) is 57.5 Å². The number of hydrogen-bond acceptors (Lipinski definition) is 12. The van der Waals surface area contributed by atoms with E-state index in [4.69, 9.17) is 11.6 Å². The third-order valence-electron chi connectivity index (χ3n) is 22.6. The Morgan fingerprint density at radius 2 is 1.26 bits per heavy atom. The fourth-order valence-electron chi connectivity index (χ4n) is 16.0. The second-order valence-corrected chi connectivity index (χ2v) is 30.7. The van der Waals surface area contributed by atoms with Gasteiger partial charge < -0.3 is 60.0 Å². The van der Waals surface area contributed by atoms with Crippen LogP contribution < -0.4 is 16.0 Å². The molecule has 4 heterocycles. The highest BCUT2D eigenvalue weighted by Crippen LogP contribution is 2.38. The van der Waals surface area contributed by atoms with Crippen molar-refractivity contribution in [3.05, 3.63) is 34.3 Å². The number of halogens is 4. The fraction of sp³-hybridized carbons (Fsp3) is 0.750. The van der Waals surface area contributed by atoms with Crippen LogP contribution in [0.2, 0.25) is 5.02 Å². The third kappa shape index (κ3) is 18.0. The number of piperidine rings is 1. The van der Waals surface area contributed by atoms with Crippen molar-refractivity contribution >= 4 is 82.5 Å². The molecule has 3 saturated carbocycles. The number of likely N-dealkylation sites (N-methyl/N-ethyl adjacent to an activating group) is 6. The molecule has 556 valence electrons. The molecule has 0 unspecified atom stereocenters. The Hall–Kier alpha value is -7.06. The van der Waals surface area contributed by atoms with Crippen LogP contribution in [-0.4, -0.2) is 250 Å². The van der Waals surface area contributed by atoms with Crippen LogP contribution in [0.3, 0.4) is 0 Å². The van der Waals surface area contributed by atoms with E-state index >= 15 is 24.0 Å². The van der Waals surface area contributed by atoms with E-state index in [2.05, 4.69) is 16.0 Å². The summed E-state index contributed by atoms with van der Waals surface area (Å²) in [4.78, 5) is 192. The summed E-state index contributed by atoms with van der Waals surface area (Å²) < 4.78 is 41.6. The Balaban J connectivity index is 1.16. The summed E-state index contributed by atoms with van der Waals surface area (Å²) in [5.74, 6) is -8.52. The number of carbonyl (C=O) groups is 12. The fourth-order valence-corrected chi connectivity index (χ4v) is 16.3. The molecule has 7 fully saturated rings. The summed E-state index contributed by atoms with van der Waals surface area (Å²) in [5.41, 5.74) is -2.35. The first kappa shape index (κ1) is 78.7. The zero-order valence-corrected chi connectivity index (χ0v) is 61.2. The minimum atomic E-state index is -4.76. The number of rotatable bonds is 10. The molecule has 8 rings (SSSR count). The molecule has 24 nitrogen and oxygen atoms in total. The monoisotopic (exact) mass is 1420 g/mol. The molecule has 12 amide bonds. The lowest BCUT2D eigenvalue weighted by atomic mass is 9.79. The van der Waals surface area contributed by atoms with E-state index in [-0.39, 0.29) is 82.2 Å². The molecule has 3 N–H and O–H groups in total. The maximum Gasteiger partial charge on any atom is 0.417 e. The van der Waals surface area contributed by atoms with Gasteiger partial charge in [-0.15, -0.1) is 0 Å². The van der Waals surface area contributed by atoms with Crippen LogP contribution in [0.15, 0.2) is 18.2 Å². The van der Waals surface area contributed by atoms with E-state index in [9.17, 15) is 46.7 Å². The lowest BCUT2D eigenvalue weighted by Crippen LogP contribution is -2.65. The minimum Gasteiger partial charge on any atom is -0.343 e. The number of nitrogens with one attached hydrogen (secondary N) is 3. The normalized spacial score (nSPS) is 28.4. The third-order valence-corrected chi connectivity index (χ3v) is 22.9. The molecular formula is C72H108ClF3N12O12. The second-order valence-electron chi connectivity index (χ2n) is 30.3. The zero-order chi connectivity index (χ0) is 73.4. The maximum absolute atomic E-state index is 15.4. The summed E-state index contributed by atoms with van der Waals surface area (Å²) in [6.45, 7) is 9.10. The van der Waals surface area contributed by atoms with Gasteiger partial charge in [-0.2, -0.15) is 13.2 Å². The Morgan fingerprint density at radius 1 is 0.620 bits per heavy atom. The van der Waals surface area contributed by atoms with E-state index in [1.54, 1.807) is 25.7 Å². The van der Waals surface area contributed by atoms with Gasteiger partial charge in [0.25, 0.3) is 0 Å². The number of nitrogens with zero attached hydrogens (tertiary/aromatic N) is 9. The number of amides is 12. The van der Waals surface area contributed by atoms with Gasteiger partial charge in [0, 0.05) is 68.5 Å². The summed E-state index contributed by atoms with van der Waals surface area (Å²) in [5, 5.41) is 8.22. The standard InChI is InChI=1S/C72H108ClF3N12O12/c1-43(2)38-54-61(91)78-59(48-24-20-25-48)68(98)81(7)45(5)63(93)88-37-31-53(88)66(96)83(9)55(40-46-22-14-12-15-23-46)65(95)80(6)42-57(89)77-51(30-28-47-27-29-49(50(73)39-47)72(74,75)76)64(94)87-36-21-26-52(87)62(92)79-71(32-16-17-33-71)70(100)85(11)60(44(3)4)69(99)84(10)56(41-58(90)82(54)8)67(97)86-34-18-13-19-35-86/h27,29,39,43-46,48,51-56,59-60H,12-26,28,30-38,40-42H2,1-11H3,(H,77,89)(H,78,91)(H,79,92)/t45-,51-,52-,53-,54-,55-,56-,59-,60-/m0/s1. The molecule has 4 saturated heterocycles. The number of aryl methyl sites for hydroxylation is 1. The summed E-state index contributed by atoms with van der Waals surface area (Å²) in [6, 6.07) is -7.66. The van der Waals surface area contributed by atoms with E-state index in [0.717, 1.165) is 62.0 Å². The highest BCUT2D eigenvalue weighted by Gasteiger charge is 2.52. The maximum atomic E-state index is 15.4. The van der Waals surface area contributed by atoms with Crippen LogP contribution >= 0.6 is 11.6 Å². The number of alkyl halides is 3. The van der Waals surface area contributed by atoms with Crippen LogP contribution in [0, 0.1) is 23.7 Å². The van der Waals surface area contributed by atoms with Gasteiger partial charge in [-0.25, -0.2) is 0 Å². The van der Waals surface area contributed by atoms with Crippen molar-refractivity contribution in [3.8, 4) is 0 Å². The molecule has 0 aromatic heterocycles. The Bertz CT molecular complexity index is 3190. The molecule has 4 aliphatic heterocycles. The zero-order valence-electron chi connectivity index (χ0n) is 60.5. The van der Waals surface area contributed by atoms with E-state index in [1.165, 1.54) is 82.7 Å². The van der Waals surface area contributed by atoms with Crippen LogP contribution in [0.25, 0.3) is 0 Å². The summed E-state index contributed by atoms with van der Waals surface area (Å²) in [7, 11) is 8.67. The second kappa shape index (κ2) is 33.8. The molecule has 1 aromatic rings. The first-order valence-corrected chi connectivity index (χ1v) is 36.8. The lowest BCUT2D eigenvalue weighted by molar-refractivity contribution is -0.160. The molecule has 9 atom stereocenters. The molecular weight excluding hydrogens is 1320 g/mol. The van der Waals surface area contributed by atoms with Crippen LogP contribution in [0.4, 0.5) is 13.2 Å². The smallest absolute Gasteiger partial charge is 0.343 e. The van der Waals surface area contributed by atoms with Gasteiger partial charge in [-0.05, 0) is 138 Å². The van der Waals surface area contributed by atoms with Crippen molar-refractivity contribution in [2.24, 2.45) is 23.7 Å². The number of benzene rings is 1.